The minimum atomic E-state index is -0.582. The van der Waals surface area contributed by atoms with Crippen LogP contribution in [0.4, 0.5) is 0 Å². The fourth-order valence-corrected chi connectivity index (χ4v) is 3.50. The van der Waals surface area contributed by atoms with E-state index >= 15 is 0 Å². The molecule has 0 aromatic heterocycles. The van der Waals surface area contributed by atoms with Gasteiger partial charge in [-0.3, -0.25) is 0 Å². The monoisotopic (exact) mass is 424 g/mol. The van der Waals surface area contributed by atoms with Crippen LogP contribution in [0, 0.1) is 0 Å². The molecule has 1 aromatic rings. The lowest BCUT2D eigenvalue weighted by Crippen LogP contribution is -2.62. The van der Waals surface area contributed by atoms with Gasteiger partial charge >= 0.3 is 0 Å². The maximum Gasteiger partial charge on any atom is 0.187 e. The van der Waals surface area contributed by atoms with Crippen molar-refractivity contribution in [1.29, 1.82) is 0 Å². The normalized spacial score (nSPS) is 27.3. The molecule has 1 aliphatic heterocycles. The van der Waals surface area contributed by atoms with E-state index in [1.165, 1.54) is 0 Å². The average molecular weight is 425 g/mol. The van der Waals surface area contributed by atoms with E-state index in [2.05, 4.69) is 0 Å². The molecule has 1 saturated heterocycles. The van der Waals surface area contributed by atoms with Crippen molar-refractivity contribution in [2.45, 2.75) is 104 Å². The molecular weight excluding hydrogens is 384 g/mol. The number of rotatable bonds is 12. The van der Waals surface area contributed by atoms with Crippen LogP contribution in [0.5, 0.6) is 0 Å². The van der Waals surface area contributed by atoms with E-state index in [-0.39, 0.29) is 36.6 Å². The molecule has 0 bridgehead atoms. The van der Waals surface area contributed by atoms with Crippen molar-refractivity contribution in [3.8, 4) is 0 Å². The highest BCUT2D eigenvalue weighted by molar-refractivity contribution is 5.13. The molecule has 0 amide bonds. The van der Waals surface area contributed by atoms with Gasteiger partial charge in [-0.2, -0.15) is 0 Å². The lowest BCUT2D eigenvalue weighted by molar-refractivity contribution is -0.332. The second-order valence-corrected chi connectivity index (χ2v) is 8.44. The van der Waals surface area contributed by atoms with E-state index in [1.54, 1.807) is 0 Å². The Bertz CT molecular complexity index is 576. The summed E-state index contributed by atoms with van der Waals surface area (Å²) in [5, 5.41) is 0. The molecule has 1 fully saturated rings. The van der Waals surface area contributed by atoms with E-state index in [4.69, 9.17) is 28.4 Å². The molecular formula is C24H40O6. The summed E-state index contributed by atoms with van der Waals surface area (Å²) in [7, 11) is 0. The van der Waals surface area contributed by atoms with Gasteiger partial charge in [-0.25, -0.2) is 0 Å². The Labute approximate surface area is 182 Å². The average Bonchev–Trinajstić information content (AvgIpc) is 2.68. The molecule has 2 rings (SSSR count). The van der Waals surface area contributed by atoms with E-state index < -0.39 is 12.4 Å². The van der Waals surface area contributed by atoms with E-state index in [9.17, 15) is 0 Å². The van der Waals surface area contributed by atoms with Gasteiger partial charge in [0.1, 0.15) is 24.4 Å². The minimum Gasteiger partial charge on any atom is -0.376 e. The van der Waals surface area contributed by atoms with Gasteiger partial charge in [0.05, 0.1) is 31.5 Å². The summed E-state index contributed by atoms with van der Waals surface area (Å²) in [5.41, 5.74) is 1.08. The summed E-state index contributed by atoms with van der Waals surface area (Å²) >= 11 is 0. The highest BCUT2D eigenvalue weighted by Gasteiger charge is 2.49. The van der Waals surface area contributed by atoms with Crippen LogP contribution in [0.25, 0.3) is 0 Å². The first-order valence-electron chi connectivity index (χ1n) is 11.2. The number of ether oxygens (including phenoxy) is 6. The summed E-state index contributed by atoms with van der Waals surface area (Å²) < 4.78 is 37.1. The van der Waals surface area contributed by atoms with Gasteiger partial charge in [0, 0.05) is 6.61 Å². The smallest absolute Gasteiger partial charge is 0.187 e. The summed E-state index contributed by atoms with van der Waals surface area (Å²) in [6.07, 6.45) is -1.84. The molecule has 6 nitrogen and oxygen atoms in total. The molecule has 172 valence electrons. The van der Waals surface area contributed by atoms with Crippen LogP contribution in [-0.2, 0) is 35.0 Å². The highest BCUT2D eigenvalue weighted by atomic mass is 16.7. The largest absolute Gasteiger partial charge is 0.376 e. The molecule has 0 spiro atoms. The van der Waals surface area contributed by atoms with Gasteiger partial charge in [0.25, 0.3) is 0 Å². The summed E-state index contributed by atoms with van der Waals surface area (Å²) in [6, 6.07) is 10.0. The molecule has 1 aromatic carbocycles. The van der Waals surface area contributed by atoms with Gasteiger partial charge in [-0.05, 0) is 54.0 Å². The van der Waals surface area contributed by atoms with Crippen molar-refractivity contribution in [2.75, 3.05) is 13.2 Å². The van der Waals surface area contributed by atoms with Crippen molar-refractivity contribution in [1.82, 2.24) is 0 Å². The number of hydrogen-bond donors (Lipinski definition) is 0. The molecule has 5 atom stereocenters. The molecule has 30 heavy (non-hydrogen) atoms. The van der Waals surface area contributed by atoms with Crippen LogP contribution < -0.4 is 0 Å². The van der Waals surface area contributed by atoms with Crippen molar-refractivity contribution >= 4 is 0 Å². The Morgan fingerprint density at radius 1 is 0.800 bits per heavy atom. The Morgan fingerprint density at radius 3 is 2.00 bits per heavy atom. The van der Waals surface area contributed by atoms with Gasteiger partial charge in [-0.1, -0.05) is 30.3 Å². The summed E-state index contributed by atoms with van der Waals surface area (Å²) in [4.78, 5) is 0. The minimum absolute atomic E-state index is 0.00996. The zero-order chi connectivity index (χ0) is 22.1. The Kier molecular flexibility index (Phi) is 10.7. The maximum atomic E-state index is 6.37. The number of benzene rings is 1. The molecule has 0 N–H and O–H groups in total. The molecule has 6 heteroatoms. The Hall–Kier alpha value is -1.02. The van der Waals surface area contributed by atoms with E-state index in [0.717, 1.165) is 5.56 Å². The topological polar surface area (TPSA) is 55.4 Å². The maximum absolute atomic E-state index is 6.37. The third-order valence-corrected chi connectivity index (χ3v) is 4.66. The van der Waals surface area contributed by atoms with Crippen molar-refractivity contribution in [2.24, 2.45) is 0 Å². The second kappa shape index (κ2) is 12.7. The van der Waals surface area contributed by atoms with Crippen molar-refractivity contribution < 1.29 is 28.4 Å². The summed E-state index contributed by atoms with van der Waals surface area (Å²) in [5.74, 6) is 0. The predicted molar refractivity (Wildman–Crippen MR) is 116 cm³/mol. The third-order valence-electron chi connectivity index (χ3n) is 4.66. The SMILES string of the molecule is CCOC1C(OCc2ccccc2)OC(COC(C)C)C(OC(C)C)C1OC(C)C. The summed E-state index contributed by atoms with van der Waals surface area (Å²) in [6.45, 7) is 15.4. The number of hydrogen-bond acceptors (Lipinski definition) is 6. The van der Waals surface area contributed by atoms with Crippen LogP contribution >= 0.6 is 0 Å². The third kappa shape index (κ3) is 7.91. The first-order chi connectivity index (χ1) is 14.3. The zero-order valence-electron chi connectivity index (χ0n) is 19.6. The second-order valence-electron chi connectivity index (χ2n) is 8.44. The molecule has 0 saturated carbocycles. The molecule has 1 aliphatic rings. The first-order valence-corrected chi connectivity index (χ1v) is 11.2. The fraction of sp³-hybridized carbons (Fsp3) is 0.750. The quantitative estimate of drug-likeness (QED) is 0.497. The highest BCUT2D eigenvalue weighted by Crippen LogP contribution is 2.31. The predicted octanol–water partition coefficient (Wildman–Crippen LogP) is 4.35. The lowest BCUT2D eigenvalue weighted by Gasteiger charge is -2.46. The van der Waals surface area contributed by atoms with Crippen LogP contribution in [0.2, 0.25) is 0 Å². The molecule has 0 radical (unpaired) electrons. The van der Waals surface area contributed by atoms with Crippen LogP contribution in [-0.4, -0.2) is 62.2 Å². The van der Waals surface area contributed by atoms with Gasteiger partial charge < -0.3 is 28.4 Å². The standard InChI is InChI=1S/C24H40O6/c1-8-25-23-22(29-18(6)7)21(28-17(4)5)20(15-26-16(2)3)30-24(23)27-14-19-12-10-9-11-13-19/h9-13,16-18,20-24H,8,14-15H2,1-7H3. The van der Waals surface area contributed by atoms with Gasteiger partial charge in [0.2, 0.25) is 0 Å². The van der Waals surface area contributed by atoms with Gasteiger partial charge in [0.15, 0.2) is 6.29 Å². The molecule has 0 aliphatic carbocycles. The molecule has 1 heterocycles. The van der Waals surface area contributed by atoms with E-state index in [0.29, 0.717) is 19.8 Å². The molecule has 5 unspecified atom stereocenters. The van der Waals surface area contributed by atoms with Crippen LogP contribution in [0.3, 0.4) is 0 Å². The Balaban J connectivity index is 2.26. The van der Waals surface area contributed by atoms with Crippen LogP contribution in [0.15, 0.2) is 30.3 Å². The lowest BCUT2D eigenvalue weighted by atomic mass is 9.97. The van der Waals surface area contributed by atoms with E-state index in [1.807, 2.05) is 78.8 Å². The van der Waals surface area contributed by atoms with Crippen LogP contribution in [0.1, 0.15) is 54.0 Å². The zero-order valence-corrected chi connectivity index (χ0v) is 19.6. The Morgan fingerprint density at radius 2 is 1.43 bits per heavy atom. The van der Waals surface area contributed by atoms with Crippen molar-refractivity contribution in [3.05, 3.63) is 35.9 Å². The van der Waals surface area contributed by atoms with Gasteiger partial charge in [-0.15, -0.1) is 0 Å². The first kappa shape index (κ1) is 25.2. The fourth-order valence-electron chi connectivity index (χ4n) is 3.50. The van der Waals surface area contributed by atoms with Crippen molar-refractivity contribution in [3.63, 3.8) is 0 Å².